The van der Waals surface area contributed by atoms with Gasteiger partial charge in [0.1, 0.15) is 0 Å². The highest BCUT2D eigenvalue weighted by Crippen LogP contribution is 2.24. The molecule has 0 aliphatic heterocycles. The molecule has 0 heterocycles. The van der Waals surface area contributed by atoms with Crippen molar-refractivity contribution in [2.75, 3.05) is 20.1 Å². The van der Waals surface area contributed by atoms with E-state index in [9.17, 15) is 5.11 Å². The number of nitrogens with zero attached hydrogens (tertiary/aromatic N) is 1. The lowest BCUT2D eigenvalue weighted by Crippen LogP contribution is -2.44. The van der Waals surface area contributed by atoms with E-state index in [0.29, 0.717) is 6.04 Å². The monoisotopic (exact) mass is 228 g/mol. The van der Waals surface area contributed by atoms with Gasteiger partial charge in [0, 0.05) is 6.04 Å². The third kappa shape index (κ3) is 4.04. The van der Waals surface area contributed by atoms with Crippen LogP contribution < -0.4 is 5.73 Å². The van der Waals surface area contributed by atoms with Crippen LogP contribution in [0.1, 0.15) is 46.0 Å². The van der Waals surface area contributed by atoms with Gasteiger partial charge >= 0.3 is 0 Å². The molecular formula is C13H28N2O. The lowest BCUT2D eigenvalue weighted by Gasteiger charge is -2.36. The van der Waals surface area contributed by atoms with E-state index in [0.717, 1.165) is 32.4 Å². The van der Waals surface area contributed by atoms with E-state index >= 15 is 0 Å². The van der Waals surface area contributed by atoms with Crippen LogP contribution >= 0.6 is 0 Å². The van der Waals surface area contributed by atoms with Crippen LogP contribution in [-0.4, -0.2) is 42.3 Å². The van der Waals surface area contributed by atoms with Gasteiger partial charge in [-0.25, -0.2) is 0 Å². The van der Waals surface area contributed by atoms with Crippen LogP contribution in [0.15, 0.2) is 0 Å². The number of aliphatic hydroxyl groups is 1. The SMILES string of the molecule is CN(CCC(C)(C)CN)C1CCCCC1O. The molecule has 3 N–H and O–H groups in total. The van der Waals surface area contributed by atoms with E-state index < -0.39 is 0 Å². The quantitative estimate of drug-likeness (QED) is 0.751. The summed E-state index contributed by atoms with van der Waals surface area (Å²) < 4.78 is 0. The number of likely N-dealkylation sites (N-methyl/N-ethyl adjacent to an activating group) is 1. The van der Waals surface area contributed by atoms with E-state index in [-0.39, 0.29) is 11.5 Å². The Bertz CT molecular complexity index is 206. The number of aliphatic hydroxyl groups excluding tert-OH is 1. The maximum atomic E-state index is 9.96. The molecule has 1 fully saturated rings. The zero-order chi connectivity index (χ0) is 12.2. The molecule has 0 aromatic rings. The molecule has 1 saturated carbocycles. The Balaban J connectivity index is 2.36. The van der Waals surface area contributed by atoms with Gasteiger partial charge in [0.2, 0.25) is 0 Å². The number of rotatable bonds is 5. The Morgan fingerprint density at radius 2 is 1.94 bits per heavy atom. The van der Waals surface area contributed by atoms with Crippen LogP contribution in [0.3, 0.4) is 0 Å². The van der Waals surface area contributed by atoms with Crippen LogP contribution in [-0.2, 0) is 0 Å². The molecule has 1 aliphatic rings. The van der Waals surface area contributed by atoms with Crippen molar-refractivity contribution in [1.82, 2.24) is 4.90 Å². The molecule has 2 atom stereocenters. The summed E-state index contributed by atoms with van der Waals surface area (Å²) in [6.45, 7) is 6.18. The van der Waals surface area contributed by atoms with Crippen molar-refractivity contribution in [2.24, 2.45) is 11.1 Å². The zero-order valence-electron chi connectivity index (χ0n) is 11.1. The zero-order valence-corrected chi connectivity index (χ0v) is 11.1. The molecule has 0 radical (unpaired) electrons. The van der Waals surface area contributed by atoms with Crippen LogP contribution in [0.5, 0.6) is 0 Å². The maximum Gasteiger partial charge on any atom is 0.0695 e. The van der Waals surface area contributed by atoms with Crippen LogP contribution in [0.2, 0.25) is 0 Å². The summed E-state index contributed by atoms with van der Waals surface area (Å²) in [4.78, 5) is 2.32. The van der Waals surface area contributed by atoms with Crippen LogP contribution in [0.4, 0.5) is 0 Å². The average Bonchev–Trinajstić information content (AvgIpc) is 2.27. The minimum atomic E-state index is -0.125. The molecule has 96 valence electrons. The fraction of sp³-hybridized carbons (Fsp3) is 1.00. The molecular weight excluding hydrogens is 200 g/mol. The summed E-state index contributed by atoms with van der Waals surface area (Å²) in [5.74, 6) is 0. The van der Waals surface area contributed by atoms with Gasteiger partial charge in [0.05, 0.1) is 6.10 Å². The van der Waals surface area contributed by atoms with Gasteiger partial charge in [-0.3, -0.25) is 0 Å². The first-order chi connectivity index (χ1) is 7.46. The van der Waals surface area contributed by atoms with Crippen LogP contribution in [0.25, 0.3) is 0 Å². The number of hydrogen-bond donors (Lipinski definition) is 2. The van der Waals surface area contributed by atoms with Crippen LogP contribution in [0, 0.1) is 5.41 Å². The minimum Gasteiger partial charge on any atom is -0.391 e. The summed E-state index contributed by atoms with van der Waals surface area (Å²) in [5.41, 5.74) is 5.95. The predicted octanol–water partition coefficient (Wildman–Crippen LogP) is 1.60. The molecule has 1 rings (SSSR count). The molecule has 0 aromatic carbocycles. The third-order valence-electron chi connectivity index (χ3n) is 3.95. The van der Waals surface area contributed by atoms with E-state index in [1.165, 1.54) is 12.8 Å². The van der Waals surface area contributed by atoms with Crippen molar-refractivity contribution in [3.05, 3.63) is 0 Å². The fourth-order valence-corrected chi connectivity index (χ4v) is 2.35. The molecule has 0 aromatic heterocycles. The normalized spacial score (nSPS) is 27.4. The van der Waals surface area contributed by atoms with Gasteiger partial charge in [-0.1, -0.05) is 26.7 Å². The Hall–Kier alpha value is -0.120. The largest absolute Gasteiger partial charge is 0.391 e. The highest BCUT2D eigenvalue weighted by molar-refractivity contribution is 4.82. The lowest BCUT2D eigenvalue weighted by atomic mass is 9.88. The summed E-state index contributed by atoms with van der Waals surface area (Å²) in [6, 6.07) is 0.363. The van der Waals surface area contributed by atoms with E-state index in [4.69, 9.17) is 5.73 Å². The maximum absolute atomic E-state index is 9.96. The Kier molecular flexibility index (Phi) is 5.22. The van der Waals surface area contributed by atoms with E-state index in [1.807, 2.05) is 0 Å². The summed E-state index contributed by atoms with van der Waals surface area (Å²) >= 11 is 0. The van der Waals surface area contributed by atoms with E-state index in [2.05, 4.69) is 25.8 Å². The first-order valence-corrected chi connectivity index (χ1v) is 6.55. The third-order valence-corrected chi connectivity index (χ3v) is 3.95. The second-order valence-corrected chi connectivity index (χ2v) is 6.02. The van der Waals surface area contributed by atoms with Gasteiger partial charge < -0.3 is 15.7 Å². The van der Waals surface area contributed by atoms with Crippen molar-refractivity contribution < 1.29 is 5.11 Å². The molecule has 0 spiro atoms. The molecule has 3 nitrogen and oxygen atoms in total. The summed E-state index contributed by atoms with van der Waals surface area (Å²) in [7, 11) is 2.13. The average molecular weight is 228 g/mol. The standard InChI is InChI=1S/C13H28N2O/c1-13(2,10-14)8-9-15(3)11-6-4-5-7-12(11)16/h11-12,16H,4-10,14H2,1-3H3. The molecule has 0 saturated heterocycles. The van der Waals surface area contributed by atoms with Gasteiger partial charge in [-0.15, -0.1) is 0 Å². The van der Waals surface area contributed by atoms with E-state index in [1.54, 1.807) is 0 Å². The molecule has 0 amide bonds. The predicted molar refractivity (Wildman–Crippen MR) is 68.3 cm³/mol. The number of nitrogens with two attached hydrogens (primary N) is 1. The van der Waals surface area contributed by atoms with Crippen molar-refractivity contribution in [3.8, 4) is 0 Å². The second-order valence-electron chi connectivity index (χ2n) is 6.02. The lowest BCUT2D eigenvalue weighted by molar-refractivity contribution is 0.0278. The molecule has 16 heavy (non-hydrogen) atoms. The Morgan fingerprint density at radius 3 is 2.50 bits per heavy atom. The van der Waals surface area contributed by atoms with Crippen molar-refractivity contribution >= 4 is 0 Å². The highest BCUT2D eigenvalue weighted by Gasteiger charge is 2.27. The first kappa shape index (κ1) is 13.9. The molecule has 1 aliphatic carbocycles. The summed E-state index contributed by atoms with van der Waals surface area (Å²) in [5, 5.41) is 9.96. The molecule has 2 unspecified atom stereocenters. The van der Waals surface area contributed by atoms with Gasteiger partial charge in [0.25, 0.3) is 0 Å². The van der Waals surface area contributed by atoms with Gasteiger partial charge in [0.15, 0.2) is 0 Å². The first-order valence-electron chi connectivity index (χ1n) is 6.55. The van der Waals surface area contributed by atoms with Gasteiger partial charge in [-0.05, 0) is 44.8 Å². The minimum absolute atomic E-state index is 0.125. The molecule has 3 heteroatoms. The fourth-order valence-electron chi connectivity index (χ4n) is 2.35. The van der Waals surface area contributed by atoms with Crippen molar-refractivity contribution in [1.29, 1.82) is 0 Å². The Morgan fingerprint density at radius 1 is 1.31 bits per heavy atom. The smallest absolute Gasteiger partial charge is 0.0695 e. The molecule has 0 bridgehead atoms. The number of hydrogen-bond acceptors (Lipinski definition) is 3. The summed E-state index contributed by atoms with van der Waals surface area (Å²) in [6.07, 6.45) is 5.52. The highest BCUT2D eigenvalue weighted by atomic mass is 16.3. The van der Waals surface area contributed by atoms with Crippen molar-refractivity contribution in [2.45, 2.75) is 58.1 Å². The van der Waals surface area contributed by atoms with Gasteiger partial charge in [-0.2, -0.15) is 0 Å². The second kappa shape index (κ2) is 5.99. The topological polar surface area (TPSA) is 49.5 Å². The van der Waals surface area contributed by atoms with Crippen molar-refractivity contribution in [3.63, 3.8) is 0 Å². The Labute approximate surface area is 100 Å².